The second-order valence-electron chi connectivity index (χ2n) is 7.37. The number of aromatic nitrogens is 1. The highest BCUT2D eigenvalue weighted by molar-refractivity contribution is 7.14. The third kappa shape index (κ3) is 4.91. The summed E-state index contributed by atoms with van der Waals surface area (Å²) in [6.45, 7) is 12.8. The number of aryl methyl sites for hydroxylation is 1. The second kappa shape index (κ2) is 7.99. The molecule has 140 valence electrons. The summed E-state index contributed by atoms with van der Waals surface area (Å²) in [6.07, 6.45) is 0. The predicted molar refractivity (Wildman–Crippen MR) is 107 cm³/mol. The van der Waals surface area contributed by atoms with Crippen molar-refractivity contribution in [3.8, 4) is 0 Å². The number of anilines is 1. The van der Waals surface area contributed by atoms with Crippen molar-refractivity contribution in [2.45, 2.75) is 53.5 Å². The van der Waals surface area contributed by atoms with E-state index in [1.807, 2.05) is 38.1 Å². The molecule has 0 fully saturated rings. The van der Waals surface area contributed by atoms with Crippen LogP contribution in [0.1, 0.15) is 60.6 Å². The van der Waals surface area contributed by atoms with Gasteiger partial charge in [-0.2, -0.15) is 0 Å². The van der Waals surface area contributed by atoms with Gasteiger partial charge in [-0.1, -0.05) is 32.9 Å². The van der Waals surface area contributed by atoms with Crippen LogP contribution in [-0.2, 0) is 16.8 Å². The Labute approximate surface area is 159 Å². The van der Waals surface area contributed by atoms with Crippen LogP contribution in [0.15, 0.2) is 24.3 Å². The summed E-state index contributed by atoms with van der Waals surface area (Å²) in [5.41, 5.74) is 2.38. The molecule has 0 saturated carbocycles. The minimum atomic E-state index is -0.147. The number of hydrogen-bond donors (Lipinski definition) is 1. The molecule has 0 aliphatic carbocycles. The van der Waals surface area contributed by atoms with Crippen LogP contribution in [0.2, 0.25) is 0 Å². The maximum atomic E-state index is 12.7. The molecule has 5 nitrogen and oxygen atoms in total. The van der Waals surface area contributed by atoms with E-state index in [-0.39, 0.29) is 17.2 Å². The van der Waals surface area contributed by atoms with Gasteiger partial charge in [0.15, 0.2) is 0 Å². The number of benzene rings is 1. The monoisotopic (exact) mass is 373 g/mol. The Bertz CT molecular complexity index is 806. The minimum absolute atomic E-state index is 0.0388. The van der Waals surface area contributed by atoms with E-state index in [0.29, 0.717) is 18.0 Å². The average molecular weight is 374 g/mol. The Morgan fingerprint density at radius 1 is 1.27 bits per heavy atom. The van der Waals surface area contributed by atoms with Gasteiger partial charge in [0.25, 0.3) is 5.91 Å². The van der Waals surface area contributed by atoms with Crippen molar-refractivity contribution in [2.75, 3.05) is 11.9 Å². The van der Waals surface area contributed by atoms with Crippen LogP contribution in [-0.4, -0.2) is 28.2 Å². The van der Waals surface area contributed by atoms with Gasteiger partial charge in [-0.15, -0.1) is 11.3 Å². The molecule has 0 spiro atoms. The molecule has 0 radical (unpaired) electrons. The largest absolute Gasteiger partial charge is 0.339 e. The van der Waals surface area contributed by atoms with Gasteiger partial charge in [-0.3, -0.25) is 9.59 Å². The van der Waals surface area contributed by atoms with Crippen LogP contribution in [0.3, 0.4) is 0 Å². The molecule has 0 aliphatic heterocycles. The van der Waals surface area contributed by atoms with Gasteiger partial charge in [0.1, 0.15) is 4.88 Å². The quantitative estimate of drug-likeness (QED) is 0.846. The maximum Gasteiger partial charge on any atom is 0.267 e. The molecular formula is C20H27N3O2S. The number of amides is 2. The van der Waals surface area contributed by atoms with Gasteiger partial charge in [0.05, 0.1) is 10.7 Å². The molecule has 2 amide bonds. The van der Waals surface area contributed by atoms with Gasteiger partial charge >= 0.3 is 0 Å². The summed E-state index contributed by atoms with van der Waals surface area (Å²) in [5, 5.41) is 3.91. The first kappa shape index (κ1) is 20.1. The summed E-state index contributed by atoms with van der Waals surface area (Å²) in [6, 6.07) is 7.60. The number of nitrogens with one attached hydrogen (secondary N) is 1. The highest BCUT2D eigenvalue weighted by atomic mass is 32.1. The number of carbonyl (C=O) groups excluding carboxylic acids is 2. The summed E-state index contributed by atoms with van der Waals surface area (Å²) >= 11 is 1.44. The number of thiazole rings is 1. The first-order valence-electron chi connectivity index (χ1n) is 8.75. The lowest BCUT2D eigenvalue weighted by molar-refractivity contribution is -0.129. The summed E-state index contributed by atoms with van der Waals surface area (Å²) in [7, 11) is 0. The summed E-state index contributed by atoms with van der Waals surface area (Å²) in [5.74, 6) is -0.108. The summed E-state index contributed by atoms with van der Waals surface area (Å²) in [4.78, 5) is 31.2. The fourth-order valence-corrected chi connectivity index (χ4v) is 3.55. The van der Waals surface area contributed by atoms with Crippen LogP contribution in [0.5, 0.6) is 0 Å². The molecule has 0 bridgehead atoms. The smallest absolute Gasteiger partial charge is 0.267 e. The minimum Gasteiger partial charge on any atom is -0.339 e. The Hall–Kier alpha value is -2.21. The predicted octanol–water partition coefficient (Wildman–Crippen LogP) is 4.37. The third-order valence-electron chi connectivity index (χ3n) is 4.03. The zero-order valence-electron chi connectivity index (χ0n) is 16.3. The third-order valence-corrected chi connectivity index (χ3v) is 5.61. The Morgan fingerprint density at radius 2 is 1.96 bits per heavy atom. The van der Waals surface area contributed by atoms with Crippen molar-refractivity contribution >= 4 is 28.8 Å². The van der Waals surface area contributed by atoms with Crippen molar-refractivity contribution in [1.29, 1.82) is 0 Å². The Kier molecular flexibility index (Phi) is 6.18. The normalized spacial score (nSPS) is 11.3. The number of rotatable bonds is 5. The van der Waals surface area contributed by atoms with Crippen LogP contribution in [0.25, 0.3) is 0 Å². The van der Waals surface area contributed by atoms with Crippen molar-refractivity contribution in [3.63, 3.8) is 0 Å². The molecule has 0 atom stereocenters. The average Bonchev–Trinajstić information content (AvgIpc) is 2.95. The SMILES string of the molecule is CCN(Cc1cccc(NC(=O)c2sc(C(C)(C)C)nc2C)c1)C(C)=O. The zero-order chi connectivity index (χ0) is 19.5. The molecule has 2 aromatic rings. The molecule has 1 heterocycles. The highest BCUT2D eigenvalue weighted by Crippen LogP contribution is 2.29. The van der Waals surface area contributed by atoms with Crippen molar-refractivity contribution in [3.05, 3.63) is 45.4 Å². The van der Waals surface area contributed by atoms with E-state index in [1.165, 1.54) is 11.3 Å². The van der Waals surface area contributed by atoms with E-state index in [4.69, 9.17) is 0 Å². The zero-order valence-corrected chi connectivity index (χ0v) is 17.2. The van der Waals surface area contributed by atoms with Crippen molar-refractivity contribution in [2.24, 2.45) is 0 Å². The fourth-order valence-electron chi connectivity index (χ4n) is 2.53. The molecule has 0 saturated heterocycles. The van der Waals surface area contributed by atoms with Crippen LogP contribution >= 0.6 is 11.3 Å². The number of hydrogen-bond acceptors (Lipinski definition) is 4. The number of nitrogens with zero attached hydrogens (tertiary/aromatic N) is 2. The molecule has 0 aliphatic rings. The highest BCUT2D eigenvalue weighted by Gasteiger charge is 2.23. The number of carbonyl (C=O) groups is 2. The second-order valence-corrected chi connectivity index (χ2v) is 8.37. The van der Waals surface area contributed by atoms with Gasteiger partial charge in [-0.25, -0.2) is 4.98 Å². The van der Waals surface area contributed by atoms with Gasteiger partial charge in [0, 0.05) is 31.1 Å². The maximum absolute atomic E-state index is 12.7. The van der Waals surface area contributed by atoms with Gasteiger partial charge in [-0.05, 0) is 31.5 Å². The lowest BCUT2D eigenvalue weighted by Crippen LogP contribution is -2.27. The molecule has 1 aromatic heterocycles. The van der Waals surface area contributed by atoms with Gasteiger partial charge < -0.3 is 10.2 Å². The van der Waals surface area contributed by atoms with E-state index in [9.17, 15) is 9.59 Å². The first-order chi connectivity index (χ1) is 12.1. The van der Waals surface area contributed by atoms with E-state index >= 15 is 0 Å². The van der Waals surface area contributed by atoms with Gasteiger partial charge in [0.2, 0.25) is 5.91 Å². The van der Waals surface area contributed by atoms with Crippen LogP contribution < -0.4 is 5.32 Å². The molecule has 0 unspecified atom stereocenters. The van der Waals surface area contributed by atoms with E-state index in [2.05, 4.69) is 31.1 Å². The standard InChI is InChI=1S/C20H27N3O2S/c1-7-23(14(3)24)12-15-9-8-10-16(11-15)22-18(25)17-13(2)21-19(26-17)20(4,5)6/h8-11H,7,12H2,1-6H3,(H,22,25). The Morgan fingerprint density at radius 3 is 2.50 bits per heavy atom. The molecule has 6 heteroatoms. The molecule has 1 N–H and O–H groups in total. The fraction of sp³-hybridized carbons (Fsp3) is 0.450. The molecule has 1 aromatic carbocycles. The topological polar surface area (TPSA) is 62.3 Å². The van der Waals surface area contributed by atoms with Crippen molar-refractivity contribution < 1.29 is 9.59 Å². The van der Waals surface area contributed by atoms with Crippen molar-refractivity contribution in [1.82, 2.24) is 9.88 Å². The van der Waals surface area contributed by atoms with Crippen LogP contribution in [0.4, 0.5) is 5.69 Å². The molecule has 26 heavy (non-hydrogen) atoms. The van der Waals surface area contributed by atoms with E-state index in [0.717, 1.165) is 22.0 Å². The molecular weight excluding hydrogens is 346 g/mol. The van der Waals surface area contributed by atoms with E-state index < -0.39 is 0 Å². The summed E-state index contributed by atoms with van der Waals surface area (Å²) < 4.78 is 0. The van der Waals surface area contributed by atoms with Crippen LogP contribution in [0, 0.1) is 6.92 Å². The van der Waals surface area contributed by atoms with E-state index in [1.54, 1.807) is 11.8 Å². The first-order valence-corrected chi connectivity index (χ1v) is 9.57. The molecule has 2 rings (SSSR count). The lowest BCUT2D eigenvalue weighted by Gasteiger charge is -2.19. The lowest BCUT2D eigenvalue weighted by atomic mass is 9.98. The Balaban J connectivity index is 2.16.